The van der Waals surface area contributed by atoms with Gasteiger partial charge in [0.1, 0.15) is 0 Å². The predicted molar refractivity (Wildman–Crippen MR) is 89.1 cm³/mol. The predicted octanol–water partition coefficient (Wildman–Crippen LogP) is 3.45. The fourth-order valence-electron chi connectivity index (χ4n) is 2.99. The van der Waals surface area contributed by atoms with Gasteiger partial charge in [0, 0.05) is 13.1 Å². The summed E-state index contributed by atoms with van der Waals surface area (Å²) >= 11 is 0. The second kappa shape index (κ2) is 8.50. The lowest BCUT2D eigenvalue weighted by Gasteiger charge is -2.31. The van der Waals surface area contributed by atoms with Gasteiger partial charge in [-0.1, -0.05) is 33.3 Å². The minimum absolute atomic E-state index is 0.688. The largest absolute Gasteiger partial charge is 0.311 e. The maximum Gasteiger partial charge on any atom is 0.0547 e. The third-order valence-electron chi connectivity index (χ3n) is 4.39. The molecule has 0 unspecified atom stereocenters. The summed E-state index contributed by atoms with van der Waals surface area (Å²) in [5, 5.41) is 3.47. The van der Waals surface area contributed by atoms with E-state index in [1.807, 2.05) is 0 Å². The molecule has 1 aliphatic rings. The molecule has 3 nitrogen and oxygen atoms in total. The van der Waals surface area contributed by atoms with E-state index in [0.717, 1.165) is 31.2 Å². The SMILES string of the molecule is CCC1CCN(Cc2cccc(CNCC(C)C)n2)CC1. The topological polar surface area (TPSA) is 28.2 Å². The molecule has 118 valence electrons. The Hall–Kier alpha value is -0.930. The highest BCUT2D eigenvalue weighted by Crippen LogP contribution is 2.20. The van der Waals surface area contributed by atoms with Gasteiger partial charge in [0.2, 0.25) is 0 Å². The summed E-state index contributed by atoms with van der Waals surface area (Å²) < 4.78 is 0. The molecule has 1 aromatic rings. The van der Waals surface area contributed by atoms with Crippen LogP contribution in [0.15, 0.2) is 18.2 Å². The van der Waals surface area contributed by atoms with Crippen LogP contribution < -0.4 is 5.32 Å². The zero-order valence-electron chi connectivity index (χ0n) is 13.9. The summed E-state index contributed by atoms with van der Waals surface area (Å²) in [6.07, 6.45) is 4.04. The molecule has 0 atom stereocenters. The van der Waals surface area contributed by atoms with Gasteiger partial charge in [-0.15, -0.1) is 0 Å². The lowest BCUT2D eigenvalue weighted by atomic mass is 9.94. The Labute approximate surface area is 130 Å². The Balaban J connectivity index is 1.81. The first kappa shape index (κ1) is 16.4. The first-order valence-corrected chi connectivity index (χ1v) is 8.55. The van der Waals surface area contributed by atoms with Gasteiger partial charge in [0.15, 0.2) is 0 Å². The van der Waals surface area contributed by atoms with Crippen LogP contribution in [0.1, 0.15) is 51.4 Å². The van der Waals surface area contributed by atoms with Crippen LogP contribution in [0.2, 0.25) is 0 Å². The van der Waals surface area contributed by atoms with Gasteiger partial charge in [0.25, 0.3) is 0 Å². The third kappa shape index (κ3) is 5.76. The second-order valence-corrected chi connectivity index (χ2v) is 6.77. The Morgan fingerprint density at radius 2 is 1.95 bits per heavy atom. The average molecular weight is 289 g/mol. The van der Waals surface area contributed by atoms with E-state index in [4.69, 9.17) is 4.98 Å². The van der Waals surface area contributed by atoms with E-state index in [9.17, 15) is 0 Å². The van der Waals surface area contributed by atoms with Crippen molar-refractivity contribution < 1.29 is 0 Å². The highest BCUT2D eigenvalue weighted by atomic mass is 15.1. The van der Waals surface area contributed by atoms with Gasteiger partial charge >= 0.3 is 0 Å². The highest BCUT2D eigenvalue weighted by molar-refractivity contribution is 5.11. The number of piperidine rings is 1. The van der Waals surface area contributed by atoms with Crippen LogP contribution in [0.5, 0.6) is 0 Å². The van der Waals surface area contributed by atoms with Gasteiger partial charge in [-0.25, -0.2) is 0 Å². The van der Waals surface area contributed by atoms with Gasteiger partial charge < -0.3 is 5.32 Å². The number of nitrogens with zero attached hydrogens (tertiary/aromatic N) is 2. The van der Waals surface area contributed by atoms with Gasteiger partial charge in [-0.05, 0) is 56.4 Å². The normalized spacial score (nSPS) is 17.5. The van der Waals surface area contributed by atoms with Gasteiger partial charge in [-0.2, -0.15) is 0 Å². The minimum atomic E-state index is 0.688. The average Bonchev–Trinajstić information content (AvgIpc) is 2.48. The van der Waals surface area contributed by atoms with Crippen molar-refractivity contribution in [2.45, 2.75) is 53.1 Å². The van der Waals surface area contributed by atoms with Crippen molar-refractivity contribution in [3.05, 3.63) is 29.6 Å². The van der Waals surface area contributed by atoms with Crippen molar-refractivity contribution in [3.8, 4) is 0 Å². The van der Waals surface area contributed by atoms with Gasteiger partial charge in [-0.3, -0.25) is 9.88 Å². The molecule has 1 aliphatic heterocycles. The minimum Gasteiger partial charge on any atom is -0.311 e. The van der Waals surface area contributed by atoms with Crippen molar-refractivity contribution in [2.75, 3.05) is 19.6 Å². The number of aromatic nitrogens is 1. The molecule has 21 heavy (non-hydrogen) atoms. The van der Waals surface area contributed by atoms with E-state index < -0.39 is 0 Å². The van der Waals surface area contributed by atoms with Crippen LogP contribution >= 0.6 is 0 Å². The molecule has 2 rings (SSSR count). The van der Waals surface area contributed by atoms with Crippen molar-refractivity contribution in [1.29, 1.82) is 0 Å². The molecule has 0 aliphatic carbocycles. The van der Waals surface area contributed by atoms with E-state index in [2.05, 4.69) is 49.2 Å². The summed E-state index contributed by atoms with van der Waals surface area (Å²) in [7, 11) is 0. The monoisotopic (exact) mass is 289 g/mol. The Kier molecular flexibility index (Phi) is 6.65. The summed E-state index contributed by atoms with van der Waals surface area (Å²) in [6, 6.07) is 6.44. The van der Waals surface area contributed by atoms with Crippen LogP contribution in [0.3, 0.4) is 0 Å². The lowest BCUT2D eigenvalue weighted by Crippen LogP contribution is -2.33. The van der Waals surface area contributed by atoms with Crippen LogP contribution in [0, 0.1) is 11.8 Å². The van der Waals surface area contributed by atoms with Crippen molar-refractivity contribution >= 4 is 0 Å². The zero-order valence-corrected chi connectivity index (χ0v) is 13.9. The van der Waals surface area contributed by atoms with Gasteiger partial charge in [0.05, 0.1) is 11.4 Å². The second-order valence-electron chi connectivity index (χ2n) is 6.77. The molecule has 1 saturated heterocycles. The van der Waals surface area contributed by atoms with Crippen molar-refractivity contribution in [3.63, 3.8) is 0 Å². The molecule has 0 aromatic carbocycles. The highest BCUT2D eigenvalue weighted by Gasteiger charge is 2.17. The molecular weight excluding hydrogens is 258 g/mol. The Morgan fingerprint density at radius 3 is 2.62 bits per heavy atom. The van der Waals surface area contributed by atoms with Crippen molar-refractivity contribution in [2.24, 2.45) is 11.8 Å². The summed E-state index contributed by atoms with van der Waals surface area (Å²) in [5.41, 5.74) is 2.38. The van der Waals surface area contributed by atoms with E-state index in [0.29, 0.717) is 5.92 Å². The third-order valence-corrected chi connectivity index (χ3v) is 4.39. The molecule has 0 amide bonds. The van der Waals surface area contributed by atoms with E-state index in [-0.39, 0.29) is 0 Å². The molecule has 0 bridgehead atoms. The quantitative estimate of drug-likeness (QED) is 0.833. The fraction of sp³-hybridized carbons (Fsp3) is 0.722. The lowest BCUT2D eigenvalue weighted by molar-refractivity contribution is 0.173. The van der Waals surface area contributed by atoms with Crippen molar-refractivity contribution in [1.82, 2.24) is 15.2 Å². The molecular formula is C18H31N3. The molecule has 0 radical (unpaired) electrons. The Morgan fingerprint density at radius 1 is 1.24 bits per heavy atom. The number of rotatable bonds is 7. The first-order valence-electron chi connectivity index (χ1n) is 8.55. The number of nitrogens with one attached hydrogen (secondary N) is 1. The Bertz CT molecular complexity index is 409. The first-order chi connectivity index (χ1) is 10.2. The molecule has 2 heterocycles. The molecule has 0 spiro atoms. The standard InChI is InChI=1S/C18H31N3/c1-4-16-8-10-21(11-9-16)14-18-7-5-6-17(20-18)13-19-12-15(2)3/h5-7,15-16,19H,4,8-14H2,1-3H3. The molecule has 1 N–H and O–H groups in total. The summed E-state index contributed by atoms with van der Waals surface area (Å²) in [5.74, 6) is 1.63. The molecule has 0 saturated carbocycles. The number of hydrogen-bond donors (Lipinski definition) is 1. The summed E-state index contributed by atoms with van der Waals surface area (Å²) in [4.78, 5) is 7.35. The van der Waals surface area contributed by atoms with Crippen LogP contribution in [0.25, 0.3) is 0 Å². The van der Waals surface area contributed by atoms with E-state index in [1.165, 1.54) is 38.0 Å². The fourth-order valence-corrected chi connectivity index (χ4v) is 2.99. The van der Waals surface area contributed by atoms with E-state index >= 15 is 0 Å². The molecule has 1 fully saturated rings. The van der Waals surface area contributed by atoms with Crippen LogP contribution in [-0.2, 0) is 13.1 Å². The van der Waals surface area contributed by atoms with Crippen LogP contribution in [-0.4, -0.2) is 29.5 Å². The van der Waals surface area contributed by atoms with E-state index in [1.54, 1.807) is 0 Å². The molecule has 1 aromatic heterocycles. The maximum atomic E-state index is 4.80. The zero-order chi connectivity index (χ0) is 15.1. The number of pyridine rings is 1. The molecule has 3 heteroatoms. The summed E-state index contributed by atoms with van der Waals surface area (Å²) in [6.45, 7) is 12.2. The maximum absolute atomic E-state index is 4.80. The van der Waals surface area contributed by atoms with Crippen LogP contribution in [0.4, 0.5) is 0 Å². The smallest absolute Gasteiger partial charge is 0.0547 e. The number of hydrogen-bond acceptors (Lipinski definition) is 3. The number of likely N-dealkylation sites (tertiary alicyclic amines) is 1.